The second-order valence-corrected chi connectivity index (χ2v) is 4.45. The number of nitrogens with zero attached hydrogens (tertiary/aromatic N) is 2. The van der Waals surface area contributed by atoms with Gasteiger partial charge in [0.25, 0.3) is 0 Å². The van der Waals surface area contributed by atoms with E-state index in [0.717, 1.165) is 23.4 Å². The number of hydrogen-bond donors (Lipinski definition) is 3. The van der Waals surface area contributed by atoms with Crippen LogP contribution in [0, 0.1) is 0 Å². The summed E-state index contributed by atoms with van der Waals surface area (Å²) in [6.07, 6.45) is 2.48. The van der Waals surface area contributed by atoms with Crippen LogP contribution < -0.4 is 5.73 Å². The third-order valence-corrected chi connectivity index (χ3v) is 3.24. The molecule has 4 N–H and O–H groups in total. The predicted octanol–water partition coefficient (Wildman–Crippen LogP) is 0.457. The molecule has 0 radical (unpaired) electrons. The van der Waals surface area contributed by atoms with Crippen molar-refractivity contribution in [2.24, 2.45) is 0 Å². The van der Waals surface area contributed by atoms with Crippen molar-refractivity contribution in [1.82, 2.24) is 9.97 Å². The molecular weight excluding hydrogens is 226 g/mol. The molecule has 6 heteroatoms. The van der Waals surface area contributed by atoms with Crippen molar-refractivity contribution in [3.05, 3.63) is 11.9 Å². The topological polar surface area (TPSA) is 92.3 Å². The summed E-state index contributed by atoms with van der Waals surface area (Å²) >= 11 is 1.39. The summed E-state index contributed by atoms with van der Waals surface area (Å²) in [5.41, 5.74) is 6.70. The van der Waals surface area contributed by atoms with Crippen LogP contribution >= 0.6 is 11.8 Å². The largest absolute Gasteiger partial charge is 0.394 e. The first-order valence-electron chi connectivity index (χ1n) is 5.20. The Hall–Kier alpha value is -0.850. The average molecular weight is 243 g/mol. The van der Waals surface area contributed by atoms with Crippen LogP contribution in [0.15, 0.2) is 11.4 Å². The van der Waals surface area contributed by atoms with Crippen molar-refractivity contribution in [2.45, 2.75) is 30.9 Å². The second-order valence-electron chi connectivity index (χ2n) is 3.44. The molecule has 0 aromatic carbocycles. The molecule has 90 valence electrons. The zero-order chi connectivity index (χ0) is 12.0. The van der Waals surface area contributed by atoms with Gasteiger partial charge in [0, 0.05) is 11.3 Å². The van der Waals surface area contributed by atoms with E-state index in [1.54, 1.807) is 0 Å². The zero-order valence-electron chi connectivity index (χ0n) is 9.26. The van der Waals surface area contributed by atoms with Crippen molar-refractivity contribution >= 4 is 17.6 Å². The van der Waals surface area contributed by atoms with Gasteiger partial charge in [0.15, 0.2) is 0 Å². The van der Waals surface area contributed by atoms with Crippen molar-refractivity contribution in [3.8, 4) is 0 Å². The molecule has 0 amide bonds. The van der Waals surface area contributed by atoms with E-state index in [-0.39, 0.29) is 6.61 Å². The summed E-state index contributed by atoms with van der Waals surface area (Å²) in [4.78, 5) is 8.09. The lowest BCUT2D eigenvalue weighted by Crippen LogP contribution is -2.15. The van der Waals surface area contributed by atoms with Gasteiger partial charge in [-0.25, -0.2) is 9.97 Å². The van der Waals surface area contributed by atoms with E-state index in [4.69, 9.17) is 10.8 Å². The van der Waals surface area contributed by atoms with Gasteiger partial charge < -0.3 is 15.9 Å². The fourth-order valence-electron chi connectivity index (χ4n) is 1.25. The Labute approximate surface area is 99.1 Å². The monoisotopic (exact) mass is 243 g/mol. The number of hydrogen-bond acceptors (Lipinski definition) is 6. The minimum atomic E-state index is -0.726. The van der Waals surface area contributed by atoms with Crippen molar-refractivity contribution in [1.29, 1.82) is 0 Å². The molecule has 5 nitrogen and oxygen atoms in total. The highest BCUT2D eigenvalue weighted by Crippen LogP contribution is 2.24. The standard InChI is InChI=1S/C10H17N3O2S/c1-2-3-8-9(11)12-6-13-10(8)16-5-7(15)4-14/h6-7,14-15H,2-5H2,1H3,(H2,11,12,13). The maximum atomic E-state index is 9.26. The molecule has 0 aliphatic heterocycles. The highest BCUT2D eigenvalue weighted by Gasteiger charge is 2.11. The van der Waals surface area contributed by atoms with Gasteiger partial charge in [0.05, 0.1) is 12.7 Å². The molecule has 0 fully saturated rings. The molecule has 1 unspecified atom stereocenters. The van der Waals surface area contributed by atoms with Gasteiger partial charge in [-0.2, -0.15) is 0 Å². The molecule has 1 rings (SSSR count). The smallest absolute Gasteiger partial charge is 0.131 e. The van der Waals surface area contributed by atoms with E-state index in [2.05, 4.69) is 16.9 Å². The lowest BCUT2D eigenvalue weighted by atomic mass is 10.2. The van der Waals surface area contributed by atoms with Crippen LogP contribution in [0.2, 0.25) is 0 Å². The number of aromatic nitrogens is 2. The van der Waals surface area contributed by atoms with Crippen molar-refractivity contribution in [3.63, 3.8) is 0 Å². The molecule has 1 aromatic rings. The maximum Gasteiger partial charge on any atom is 0.131 e. The Morgan fingerprint density at radius 2 is 2.25 bits per heavy atom. The molecule has 0 aliphatic rings. The minimum Gasteiger partial charge on any atom is -0.394 e. The molecule has 0 spiro atoms. The first kappa shape index (κ1) is 13.2. The molecule has 1 atom stereocenters. The summed E-state index contributed by atoms with van der Waals surface area (Å²) in [5.74, 6) is 0.904. The van der Waals surface area contributed by atoms with Gasteiger partial charge in [-0.05, 0) is 6.42 Å². The minimum absolute atomic E-state index is 0.239. The number of aliphatic hydroxyl groups excluding tert-OH is 2. The van der Waals surface area contributed by atoms with Gasteiger partial charge in [-0.15, -0.1) is 11.8 Å². The van der Waals surface area contributed by atoms with Crippen LogP contribution in [0.4, 0.5) is 5.82 Å². The number of aliphatic hydroxyl groups is 2. The second kappa shape index (κ2) is 6.67. The quantitative estimate of drug-likeness (QED) is 0.496. The van der Waals surface area contributed by atoms with Crippen LogP contribution in [0.3, 0.4) is 0 Å². The summed E-state index contributed by atoms with van der Waals surface area (Å²) < 4.78 is 0. The molecule has 16 heavy (non-hydrogen) atoms. The van der Waals surface area contributed by atoms with Gasteiger partial charge in [-0.1, -0.05) is 13.3 Å². The van der Waals surface area contributed by atoms with Crippen molar-refractivity contribution < 1.29 is 10.2 Å². The Morgan fingerprint density at radius 1 is 1.50 bits per heavy atom. The Balaban J connectivity index is 2.74. The van der Waals surface area contributed by atoms with Crippen LogP contribution in [0.1, 0.15) is 18.9 Å². The predicted molar refractivity (Wildman–Crippen MR) is 64.3 cm³/mol. The third kappa shape index (κ3) is 3.62. The lowest BCUT2D eigenvalue weighted by molar-refractivity contribution is 0.113. The van der Waals surface area contributed by atoms with E-state index in [1.165, 1.54) is 18.1 Å². The summed E-state index contributed by atoms with van der Waals surface area (Å²) in [7, 11) is 0. The first-order chi connectivity index (χ1) is 7.69. The summed E-state index contributed by atoms with van der Waals surface area (Å²) in [5, 5.41) is 18.8. The number of nitrogens with two attached hydrogens (primary N) is 1. The van der Waals surface area contributed by atoms with Gasteiger partial charge >= 0.3 is 0 Å². The van der Waals surface area contributed by atoms with Gasteiger partial charge in [0.2, 0.25) is 0 Å². The molecule has 0 saturated heterocycles. The van der Waals surface area contributed by atoms with Crippen LogP contribution in [-0.2, 0) is 6.42 Å². The molecule has 0 saturated carbocycles. The first-order valence-corrected chi connectivity index (χ1v) is 6.18. The summed E-state index contributed by atoms with van der Waals surface area (Å²) in [6.45, 7) is 1.82. The number of rotatable bonds is 6. The van der Waals surface area contributed by atoms with E-state index in [9.17, 15) is 5.11 Å². The summed E-state index contributed by atoms with van der Waals surface area (Å²) in [6, 6.07) is 0. The Morgan fingerprint density at radius 3 is 2.88 bits per heavy atom. The number of thioether (sulfide) groups is 1. The maximum absolute atomic E-state index is 9.26. The van der Waals surface area contributed by atoms with E-state index in [1.807, 2.05) is 0 Å². The number of nitrogen functional groups attached to an aromatic ring is 1. The Bertz CT molecular complexity index is 336. The van der Waals surface area contributed by atoms with E-state index >= 15 is 0 Å². The van der Waals surface area contributed by atoms with Gasteiger partial charge in [-0.3, -0.25) is 0 Å². The molecular formula is C10H17N3O2S. The lowest BCUT2D eigenvalue weighted by Gasteiger charge is -2.10. The highest BCUT2D eigenvalue weighted by molar-refractivity contribution is 7.99. The molecule has 1 heterocycles. The molecule has 0 bridgehead atoms. The average Bonchev–Trinajstić information content (AvgIpc) is 2.29. The van der Waals surface area contributed by atoms with Crippen molar-refractivity contribution in [2.75, 3.05) is 18.1 Å². The van der Waals surface area contributed by atoms with Gasteiger partial charge in [0.1, 0.15) is 17.2 Å². The highest BCUT2D eigenvalue weighted by atomic mass is 32.2. The van der Waals surface area contributed by atoms with E-state index < -0.39 is 6.10 Å². The van der Waals surface area contributed by atoms with E-state index in [0.29, 0.717) is 11.6 Å². The molecule has 0 aliphatic carbocycles. The normalized spacial score (nSPS) is 12.7. The molecule has 1 aromatic heterocycles. The van der Waals surface area contributed by atoms with Crippen LogP contribution in [0.25, 0.3) is 0 Å². The SMILES string of the molecule is CCCc1c(N)ncnc1SCC(O)CO. The number of anilines is 1. The third-order valence-electron chi connectivity index (χ3n) is 2.06. The van der Waals surface area contributed by atoms with Crippen LogP contribution in [0.5, 0.6) is 0 Å². The van der Waals surface area contributed by atoms with Crippen LogP contribution in [-0.4, -0.2) is 38.6 Å². The fourth-order valence-corrected chi connectivity index (χ4v) is 2.20. The fraction of sp³-hybridized carbons (Fsp3) is 0.600. The Kier molecular flexibility index (Phi) is 5.51. The zero-order valence-corrected chi connectivity index (χ0v) is 10.1.